The van der Waals surface area contributed by atoms with E-state index in [4.69, 9.17) is 20.9 Å². The maximum atomic E-state index is 14.8. The molecule has 6 rings (SSSR count). The summed E-state index contributed by atoms with van der Waals surface area (Å²) in [6.45, 7) is -0.368. The molecule has 3 amide bonds. The lowest BCUT2D eigenvalue weighted by Crippen LogP contribution is -2.51. The molecular formula is C32H27F4N5O6. The van der Waals surface area contributed by atoms with E-state index < -0.39 is 58.6 Å². The van der Waals surface area contributed by atoms with Crippen LogP contribution in [0.3, 0.4) is 0 Å². The van der Waals surface area contributed by atoms with Crippen molar-refractivity contribution in [3.63, 3.8) is 0 Å². The third-order valence-electron chi connectivity index (χ3n) is 8.52. The minimum absolute atomic E-state index is 0.0191. The van der Waals surface area contributed by atoms with Crippen molar-refractivity contribution in [1.29, 1.82) is 0 Å². The predicted molar refractivity (Wildman–Crippen MR) is 157 cm³/mol. The zero-order valence-electron chi connectivity index (χ0n) is 24.7. The topological polar surface area (TPSA) is 180 Å². The predicted octanol–water partition coefficient (Wildman–Crippen LogP) is 3.15. The third kappa shape index (κ3) is 5.35. The highest BCUT2D eigenvalue weighted by atomic mass is 19.4. The summed E-state index contributed by atoms with van der Waals surface area (Å²) in [5.41, 5.74) is 3.42. The third-order valence-corrected chi connectivity index (χ3v) is 8.52. The fourth-order valence-electron chi connectivity index (χ4n) is 5.34. The van der Waals surface area contributed by atoms with Gasteiger partial charge in [0.1, 0.15) is 40.5 Å². The summed E-state index contributed by atoms with van der Waals surface area (Å²) in [6, 6.07) is 11.2. The second-order valence-electron chi connectivity index (χ2n) is 11.8. The van der Waals surface area contributed by atoms with Crippen LogP contribution in [0.4, 0.5) is 17.6 Å². The molecule has 1 fully saturated rings. The highest BCUT2D eigenvalue weighted by Gasteiger charge is 2.58. The van der Waals surface area contributed by atoms with Crippen LogP contribution in [0.1, 0.15) is 41.4 Å². The molecule has 0 radical (unpaired) electrons. The van der Waals surface area contributed by atoms with Crippen LogP contribution < -0.4 is 26.3 Å². The molecule has 2 atom stereocenters. The number of aromatic nitrogens is 2. The van der Waals surface area contributed by atoms with Gasteiger partial charge >= 0.3 is 6.18 Å². The zero-order chi connectivity index (χ0) is 33.9. The second kappa shape index (κ2) is 10.9. The first-order valence-corrected chi connectivity index (χ1v) is 14.3. The zero-order valence-corrected chi connectivity index (χ0v) is 24.7. The van der Waals surface area contributed by atoms with Gasteiger partial charge in [0.15, 0.2) is 5.60 Å². The number of hydrogen-bond acceptors (Lipinski definition) is 8. The normalized spacial score (nSPS) is 19.3. The second-order valence-corrected chi connectivity index (χ2v) is 11.8. The molecule has 2 aromatic heterocycles. The number of nitrogens with two attached hydrogens (primary N) is 2. The molecule has 1 aliphatic heterocycles. The molecule has 4 aromatic rings. The summed E-state index contributed by atoms with van der Waals surface area (Å²) in [6.07, 6.45) is -3.29. The number of hydrogen-bond donors (Lipinski definition) is 4. The van der Waals surface area contributed by atoms with Crippen LogP contribution in [0.15, 0.2) is 60.8 Å². The lowest BCUT2D eigenvalue weighted by Gasteiger charge is -2.31. The SMILES string of the molecule is C[C@]1(C(N)=O)COc2c1cc([C@@](O)(CNC(=O)c1cc(OC3(C(N)=O)CC3)c3ncccc3c1)C(F)(F)F)nc2-c1ccc(F)cc1. The number of fused-ring (bicyclic) bond motifs is 2. The Bertz CT molecular complexity index is 1950. The fourth-order valence-corrected chi connectivity index (χ4v) is 5.34. The van der Waals surface area contributed by atoms with Gasteiger partial charge in [-0.25, -0.2) is 9.37 Å². The first-order chi connectivity index (χ1) is 22.1. The van der Waals surface area contributed by atoms with Crippen LogP contribution in [0.5, 0.6) is 11.5 Å². The number of alkyl halides is 3. The molecule has 0 saturated heterocycles. The first kappa shape index (κ1) is 31.7. The van der Waals surface area contributed by atoms with Crippen molar-refractivity contribution < 1.29 is 46.5 Å². The van der Waals surface area contributed by atoms with Gasteiger partial charge in [-0.1, -0.05) is 6.07 Å². The molecule has 15 heteroatoms. The van der Waals surface area contributed by atoms with Crippen molar-refractivity contribution in [2.45, 2.75) is 42.6 Å². The van der Waals surface area contributed by atoms with Gasteiger partial charge in [-0.2, -0.15) is 13.2 Å². The summed E-state index contributed by atoms with van der Waals surface area (Å²) < 4.78 is 69.6. The molecule has 0 spiro atoms. The highest BCUT2D eigenvalue weighted by Crippen LogP contribution is 2.48. The van der Waals surface area contributed by atoms with E-state index in [2.05, 4.69) is 15.3 Å². The van der Waals surface area contributed by atoms with E-state index in [0.29, 0.717) is 23.7 Å². The van der Waals surface area contributed by atoms with Gasteiger partial charge < -0.3 is 31.4 Å². The summed E-state index contributed by atoms with van der Waals surface area (Å²) in [4.78, 5) is 46.1. The average Bonchev–Trinajstić information content (AvgIpc) is 3.74. The average molecular weight is 654 g/mol. The van der Waals surface area contributed by atoms with E-state index in [1.54, 1.807) is 12.1 Å². The number of benzene rings is 2. The molecule has 0 bridgehead atoms. The number of amides is 3. The van der Waals surface area contributed by atoms with Gasteiger partial charge in [-0.3, -0.25) is 19.4 Å². The van der Waals surface area contributed by atoms with Crippen molar-refractivity contribution in [2.75, 3.05) is 13.2 Å². The van der Waals surface area contributed by atoms with Gasteiger partial charge in [0.25, 0.3) is 11.8 Å². The summed E-state index contributed by atoms with van der Waals surface area (Å²) >= 11 is 0. The Morgan fingerprint density at radius 1 is 1.06 bits per heavy atom. The van der Waals surface area contributed by atoms with Gasteiger partial charge in [0.05, 0.1) is 12.2 Å². The van der Waals surface area contributed by atoms with Crippen molar-refractivity contribution in [3.8, 4) is 22.8 Å². The van der Waals surface area contributed by atoms with Crippen molar-refractivity contribution >= 4 is 28.6 Å². The highest BCUT2D eigenvalue weighted by molar-refractivity contribution is 6.00. The number of carbonyl (C=O) groups is 3. The van der Waals surface area contributed by atoms with Crippen molar-refractivity contribution in [2.24, 2.45) is 11.5 Å². The first-order valence-electron chi connectivity index (χ1n) is 14.3. The maximum absolute atomic E-state index is 14.8. The molecule has 6 N–H and O–H groups in total. The molecule has 2 aliphatic rings. The van der Waals surface area contributed by atoms with Crippen LogP contribution in [0, 0.1) is 5.82 Å². The molecule has 1 aliphatic carbocycles. The number of carbonyl (C=O) groups excluding carboxylic acids is 3. The number of nitrogens with zero attached hydrogens (tertiary/aromatic N) is 2. The molecular weight excluding hydrogens is 626 g/mol. The number of pyridine rings is 2. The van der Waals surface area contributed by atoms with Crippen LogP contribution in [-0.4, -0.2) is 57.7 Å². The minimum atomic E-state index is -5.41. The van der Waals surface area contributed by atoms with Gasteiger partial charge in [0, 0.05) is 41.1 Å². The summed E-state index contributed by atoms with van der Waals surface area (Å²) in [5.74, 6) is -3.32. The maximum Gasteiger partial charge on any atom is 0.424 e. The standard InChI is InChI=1S/C32H27F4N5O6/c1-29(27(37)43)15-46-25-20(29)13-22(41-24(25)16-4-6-19(33)7-5-16)31(45,32(34,35)36)14-40-26(42)18-11-17-3-2-10-39-23(17)21(12-18)47-30(8-9-30)28(38)44/h2-7,10-13,45H,8-9,14-15H2,1H3,(H2,37,43)(H2,38,44)(H,40,42)/t29-,31-/m0/s1. The fraction of sp³-hybridized carbons (Fsp3) is 0.281. The van der Waals surface area contributed by atoms with E-state index in [1.807, 2.05) is 0 Å². The molecule has 3 heterocycles. The van der Waals surface area contributed by atoms with Crippen LogP contribution in [0.25, 0.3) is 22.2 Å². The van der Waals surface area contributed by atoms with E-state index >= 15 is 0 Å². The number of rotatable bonds is 9. The van der Waals surface area contributed by atoms with Crippen LogP contribution >= 0.6 is 0 Å². The Morgan fingerprint density at radius 3 is 2.38 bits per heavy atom. The lowest BCUT2D eigenvalue weighted by molar-refractivity contribution is -0.265. The Labute approximate surface area is 263 Å². The van der Waals surface area contributed by atoms with Gasteiger partial charge in [-0.15, -0.1) is 0 Å². The van der Waals surface area contributed by atoms with E-state index in [0.717, 1.165) is 18.2 Å². The summed E-state index contributed by atoms with van der Waals surface area (Å²) in [7, 11) is 0. The molecule has 0 unspecified atom stereocenters. The Kier molecular flexibility index (Phi) is 7.34. The van der Waals surface area contributed by atoms with Crippen LogP contribution in [0.2, 0.25) is 0 Å². The Balaban J connectivity index is 1.39. The quantitative estimate of drug-likeness (QED) is 0.199. The monoisotopic (exact) mass is 653 g/mol. The van der Waals surface area contributed by atoms with Gasteiger partial charge in [-0.05, 0) is 55.5 Å². The minimum Gasteiger partial charge on any atom is -0.489 e. The van der Waals surface area contributed by atoms with E-state index in [-0.39, 0.29) is 40.5 Å². The van der Waals surface area contributed by atoms with E-state index in [1.165, 1.54) is 37.4 Å². The van der Waals surface area contributed by atoms with E-state index in [9.17, 15) is 37.1 Å². The number of aliphatic hydroxyl groups is 1. The molecule has 1 saturated carbocycles. The van der Waals surface area contributed by atoms with Crippen molar-refractivity contribution in [3.05, 3.63) is 83.4 Å². The van der Waals surface area contributed by atoms with Crippen molar-refractivity contribution in [1.82, 2.24) is 15.3 Å². The number of nitrogens with one attached hydrogen (secondary N) is 1. The Hall–Kier alpha value is -5.31. The number of halogens is 4. The molecule has 244 valence electrons. The lowest BCUT2D eigenvalue weighted by atomic mass is 9.81. The largest absolute Gasteiger partial charge is 0.489 e. The van der Waals surface area contributed by atoms with Gasteiger partial charge in [0.2, 0.25) is 11.5 Å². The number of primary amides is 2. The molecule has 47 heavy (non-hydrogen) atoms. The smallest absolute Gasteiger partial charge is 0.424 e. The number of ether oxygens (including phenoxy) is 2. The molecule has 2 aromatic carbocycles. The molecule has 11 nitrogen and oxygen atoms in total. The Morgan fingerprint density at radius 2 is 1.77 bits per heavy atom. The van der Waals surface area contributed by atoms with Crippen LogP contribution in [-0.2, 0) is 20.6 Å². The summed E-state index contributed by atoms with van der Waals surface area (Å²) in [5, 5.41) is 13.8.